The van der Waals surface area contributed by atoms with Crippen molar-refractivity contribution in [2.24, 2.45) is 5.92 Å². The zero-order chi connectivity index (χ0) is 18.6. The van der Waals surface area contributed by atoms with Crippen molar-refractivity contribution in [3.8, 4) is 16.3 Å². The van der Waals surface area contributed by atoms with E-state index in [0.717, 1.165) is 71.3 Å². The average Bonchev–Trinajstić information content (AvgIpc) is 3.16. The van der Waals surface area contributed by atoms with Crippen LogP contribution < -0.4 is 9.64 Å². The SMILES string of the molecule is CCCOc1ccc2nc(-c3ccc(N4CCC(CO)CC4)nc3)sc2c1. The van der Waals surface area contributed by atoms with E-state index in [1.807, 2.05) is 18.3 Å². The Morgan fingerprint density at radius 2 is 2.07 bits per heavy atom. The van der Waals surface area contributed by atoms with Crippen LogP contribution in [0, 0.1) is 5.92 Å². The minimum absolute atomic E-state index is 0.295. The molecule has 3 heterocycles. The largest absolute Gasteiger partial charge is 0.494 e. The van der Waals surface area contributed by atoms with E-state index in [1.54, 1.807) is 11.3 Å². The number of aliphatic hydroxyl groups is 1. The number of ether oxygens (including phenoxy) is 1. The maximum Gasteiger partial charge on any atom is 0.128 e. The Kier molecular flexibility index (Phi) is 5.55. The normalized spacial score (nSPS) is 15.4. The average molecular weight is 384 g/mol. The van der Waals surface area contributed by atoms with Crippen LogP contribution in [0.15, 0.2) is 36.5 Å². The maximum atomic E-state index is 9.28. The fraction of sp³-hybridized carbons (Fsp3) is 0.429. The third kappa shape index (κ3) is 4.06. The Balaban J connectivity index is 1.50. The van der Waals surface area contributed by atoms with E-state index in [4.69, 9.17) is 9.72 Å². The molecule has 0 bridgehead atoms. The zero-order valence-corrected chi connectivity index (χ0v) is 16.4. The highest BCUT2D eigenvalue weighted by Crippen LogP contribution is 2.33. The molecule has 0 aliphatic carbocycles. The smallest absolute Gasteiger partial charge is 0.128 e. The minimum Gasteiger partial charge on any atom is -0.494 e. The number of pyridine rings is 1. The molecule has 6 heteroatoms. The highest BCUT2D eigenvalue weighted by atomic mass is 32.1. The predicted molar refractivity (Wildman–Crippen MR) is 111 cm³/mol. The number of aromatic nitrogens is 2. The summed E-state index contributed by atoms with van der Waals surface area (Å²) < 4.78 is 6.86. The number of hydrogen-bond donors (Lipinski definition) is 1. The summed E-state index contributed by atoms with van der Waals surface area (Å²) in [5.41, 5.74) is 2.04. The van der Waals surface area contributed by atoms with Gasteiger partial charge in [-0.15, -0.1) is 11.3 Å². The Morgan fingerprint density at radius 1 is 1.22 bits per heavy atom. The van der Waals surface area contributed by atoms with Gasteiger partial charge in [0.25, 0.3) is 0 Å². The number of rotatable bonds is 6. The van der Waals surface area contributed by atoms with Gasteiger partial charge < -0.3 is 14.7 Å². The first-order valence-corrected chi connectivity index (χ1v) is 10.4. The number of piperidine rings is 1. The second-order valence-corrected chi connectivity index (χ2v) is 8.05. The summed E-state index contributed by atoms with van der Waals surface area (Å²) in [7, 11) is 0. The van der Waals surface area contributed by atoms with Gasteiger partial charge in [0, 0.05) is 31.5 Å². The van der Waals surface area contributed by atoms with E-state index < -0.39 is 0 Å². The van der Waals surface area contributed by atoms with Crippen LogP contribution in [0.5, 0.6) is 5.75 Å². The third-order valence-electron chi connectivity index (χ3n) is 5.02. The molecular weight excluding hydrogens is 358 g/mol. The third-order valence-corrected chi connectivity index (χ3v) is 6.09. The van der Waals surface area contributed by atoms with Crippen molar-refractivity contribution < 1.29 is 9.84 Å². The molecule has 27 heavy (non-hydrogen) atoms. The second-order valence-electron chi connectivity index (χ2n) is 7.02. The summed E-state index contributed by atoms with van der Waals surface area (Å²) in [6.07, 6.45) is 4.97. The van der Waals surface area contributed by atoms with Crippen LogP contribution in [0.25, 0.3) is 20.8 Å². The van der Waals surface area contributed by atoms with E-state index in [-0.39, 0.29) is 0 Å². The van der Waals surface area contributed by atoms with Crippen LogP contribution in [0.1, 0.15) is 26.2 Å². The summed E-state index contributed by atoms with van der Waals surface area (Å²) in [5, 5.41) is 10.3. The molecule has 0 amide bonds. The van der Waals surface area contributed by atoms with Crippen LogP contribution in [-0.4, -0.2) is 41.4 Å². The van der Waals surface area contributed by atoms with Crippen LogP contribution >= 0.6 is 11.3 Å². The molecule has 0 unspecified atom stereocenters. The van der Waals surface area contributed by atoms with Gasteiger partial charge in [0.2, 0.25) is 0 Å². The van der Waals surface area contributed by atoms with Crippen molar-refractivity contribution in [3.63, 3.8) is 0 Å². The maximum absolute atomic E-state index is 9.28. The number of thiazole rings is 1. The van der Waals surface area contributed by atoms with Crippen molar-refractivity contribution in [2.45, 2.75) is 26.2 Å². The molecule has 1 saturated heterocycles. The summed E-state index contributed by atoms with van der Waals surface area (Å²) >= 11 is 1.67. The quantitative estimate of drug-likeness (QED) is 0.685. The molecule has 1 aliphatic rings. The van der Waals surface area contributed by atoms with Crippen molar-refractivity contribution in [2.75, 3.05) is 31.2 Å². The Morgan fingerprint density at radius 3 is 2.78 bits per heavy atom. The molecule has 0 saturated carbocycles. The van der Waals surface area contributed by atoms with E-state index in [2.05, 4.69) is 35.0 Å². The molecule has 0 radical (unpaired) electrons. The predicted octanol–water partition coefficient (Wildman–Crippen LogP) is 4.36. The Labute approximate surface area is 163 Å². The standard InChI is InChI=1S/C21H25N3O2S/c1-2-11-26-17-4-5-18-19(12-17)27-21(23-18)16-3-6-20(22-13-16)24-9-7-15(14-25)8-10-24/h3-6,12-13,15,25H,2,7-11,14H2,1H3. The molecule has 0 spiro atoms. The van der Waals surface area contributed by atoms with Gasteiger partial charge >= 0.3 is 0 Å². The van der Waals surface area contributed by atoms with E-state index in [1.165, 1.54) is 0 Å². The van der Waals surface area contributed by atoms with Crippen molar-refractivity contribution >= 4 is 27.4 Å². The lowest BCUT2D eigenvalue weighted by molar-refractivity contribution is 0.203. The first-order valence-electron chi connectivity index (χ1n) is 9.62. The van der Waals surface area contributed by atoms with E-state index in [9.17, 15) is 5.11 Å². The number of fused-ring (bicyclic) bond motifs is 1. The zero-order valence-electron chi connectivity index (χ0n) is 15.6. The van der Waals surface area contributed by atoms with Crippen LogP contribution in [0.2, 0.25) is 0 Å². The lowest BCUT2D eigenvalue weighted by atomic mass is 9.98. The van der Waals surface area contributed by atoms with Gasteiger partial charge in [-0.3, -0.25) is 0 Å². The van der Waals surface area contributed by atoms with Crippen molar-refractivity contribution in [3.05, 3.63) is 36.5 Å². The number of aliphatic hydroxyl groups excluding tert-OH is 1. The monoisotopic (exact) mass is 383 g/mol. The Hall–Kier alpha value is -2.18. The van der Waals surface area contributed by atoms with Gasteiger partial charge in [-0.1, -0.05) is 6.92 Å². The van der Waals surface area contributed by atoms with Crippen LogP contribution in [0.4, 0.5) is 5.82 Å². The summed E-state index contributed by atoms with van der Waals surface area (Å²) in [6.45, 7) is 5.05. The van der Waals surface area contributed by atoms with Crippen molar-refractivity contribution in [1.29, 1.82) is 0 Å². The minimum atomic E-state index is 0.295. The molecule has 1 aliphatic heterocycles. The highest BCUT2D eigenvalue weighted by molar-refractivity contribution is 7.21. The second kappa shape index (κ2) is 8.23. The van der Waals surface area contributed by atoms with Gasteiger partial charge in [0.05, 0.1) is 16.8 Å². The molecule has 4 rings (SSSR count). The fourth-order valence-corrected chi connectivity index (χ4v) is 4.37. The number of anilines is 1. The first kappa shape index (κ1) is 18.2. The van der Waals surface area contributed by atoms with Crippen LogP contribution in [-0.2, 0) is 0 Å². The first-order chi connectivity index (χ1) is 13.3. The van der Waals surface area contributed by atoms with Gasteiger partial charge in [0.1, 0.15) is 16.6 Å². The molecule has 5 nitrogen and oxygen atoms in total. The molecule has 1 aromatic carbocycles. The van der Waals surface area contributed by atoms with E-state index >= 15 is 0 Å². The van der Waals surface area contributed by atoms with Gasteiger partial charge in [0.15, 0.2) is 0 Å². The molecule has 3 aromatic rings. The fourth-order valence-electron chi connectivity index (χ4n) is 3.38. The Bertz CT molecular complexity index is 886. The van der Waals surface area contributed by atoms with Crippen LogP contribution in [0.3, 0.4) is 0 Å². The molecular formula is C21H25N3O2S. The lowest BCUT2D eigenvalue weighted by Crippen LogP contribution is -2.35. The lowest BCUT2D eigenvalue weighted by Gasteiger charge is -2.31. The van der Waals surface area contributed by atoms with Gasteiger partial charge in [-0.05, 0) is 55.5 Å². The molecule has 0 atom stereocenters. The van der Waals surface area contributed by atoms with Crippen molar-refractivity contribution in [1.82, 2.24) is 9.97 Å². The molecule has 142 valence electrons. The number of benzene rings is 1. The number of nitrogens with zero attached hydrogens (tertiary/aromatic N) is 3. The van der Waals surface area contributed by atoms with E-state index in [0.29, 0.717) is 12.5 Å². The summed E-state index contributed by atoms with van der Waals surface area (Å²) in [5.74, 6) is 2.35. The summed E-state index contributed by atoms with van der Waals surface area (Å²) in [4.78, 5) is 11.7. The molecule has 1 fully saturated rings. The summed E-state index contributed by atoms with van der Waals surface area (Å²) in [6, 6.07) is 10.3. The van der Waals surface area contributed by atoms with Gasteiger partial charge in [-0.25, -0.2) is 9.97 Å². The van der Waals surface area contributed by atoms with Gasteiger partial charge in [-0.2, -0.15) is 0 Å². The molecule has 2 aromatic heterocycles. The highest BCUT2D eigenvalue weighted by Gasteiger charge is 2.19. The molecule has 1 N–H and O–H groups in total. The number of hydrogen-bond acceptors (Lipinski definition) is 6. The topological polar surface area (TPSA) is 58.5 Å².